The van der Waals surface area contributed by atoms with Crippen molar-refractivity contribution in [3.05, 3.63) is 0 Å². The molecular weight excluding hydrogens is 204 g/mol. The Morgan fingerprint density at radius 3 is 2.25 bits per heavy atom. The molecule has 4 nitrogen and oxygen atoms in total. The van der Waals surface area contributed by atoms with E-state index in [1.807, 2.05) is 0 Å². The minimum atomic E-state index is 0.708. The lowest BCUT2D eigenvalue weighted by Gasteiger charge is -2.10. The fraction of sp³-hybridized carbons (Fsp3) is 1.00. The summed E-state index contributed by atoms with van der Waals surface area (Å²) in [5.41, 5.74) is 0. The van der Waals surface area contributed by atoms with E-state index in [2.05, 4.69) is 31.2 Å². The van der Waals surface area contributed by atoms with Gasteiger partial charge >= 0.3 is 0 Å². The van der Waals surface area contributed by atoms with E-state index in [-0.39, 0.29) is 0 Å². The SMILES string of the molecule is CCCOCCOCCNCCCN(C)C. The monoisotopic (exact) mass is 232 g/mol. The van der Waals surface area contributed by atoms with Gasteiger partial charge in [-0.2, -0.15) is 0 Å². The Morgan fingerprint density at radius 2 is 1.62 bits per heavy atom. The van der Waals surface area contributed by atoms with E-state index < -0.39 is 0 Å². The molecular formula is C12H28N2O2. The smallest absolute Gasteiger partial charge is 0.0701 e. The number of nitrogens with zero attached hydrogens (tertiary/aromatic N) is 1. The molecule has 0 rings (SSSR count). The van der Waals surface area contributed by atoms with Crippen LogP contribution in [0, 0.1) is 0 Å². The minimum Gasteiger partial charge on any atom is -0.379 e. The summed E-state index contributed by atoms with van der Waals surface area (Å²) in [5, 5.41) is 3.35. The Morgan fingerprint density at radius 1 is 0.938 bits per heavy atom. The van der Waals surface area contributed by atoms with Crippen LogP contribution in [-0.2, 0) is 9.47 Å². The summed E-state index contributed by atoms with van der Waals surface area (Å²) in [4.78, 5) is 2.20. The molecule has 0 radical (unpaired) electrons. The van der Waals surface area contributed by atoms with Crippen LogP contribution in [0.25, 0.3) is 0 Å². The molecule has 0 aliphatic heterocycles. The fourth-order valence-corrected chi connectivity index (χ4v) is 1.26. The van der Waals surface area contributed by atoms with Crippen molar-refractivity contribution in [2.24, 2.45) is 0 Å². The molecule has 16 heavy (non-hydrogen) atoms. The van der Waals surface area contributed by atoms with E-state index >= 15 is 0 Å². The molecule has 0 unspecified atom stereocenters. The molecule has 98 valence electrons. The van der Waals surface area contributed by atoms with Gasteiger partial charge in [-0.3, -0.25) is 0 Å². The molecule has 0 aliphatic carbocycles. The first kappa shape index (κ1) is 15.8. The largest absolute Gasteiger partial charge is 0.379 e. The van der Waals surface area contributed by atoms with Crippen molar-refractivity contribution in [1.82, 2.24) is 10.2 Å². The van der Waals surface area contributed by atoms with Gasteiger partial charge in [-0.15, -0.1) is 0 Å². The van der Waals surface area contributed by atoms with Crippen molar-refractivity contribution < 1.29 is 9.47 Å². The van der Waals surface area contributed by atoms with Gasteiger partial charge in [-0.25, -0.2) is 0 Å². The molecule has 1 N–H and O–H groups in total. The summed E-state index contributed by atoms with van der Waals surface area (Å²) in [6, 6.07) is 0. The fourth-order valence-electron chi connectivity index (χ4n) is 1.26. The van der Waals surface area contributed by atoms with E-state index in [4.69, 9.17) is 9.47 Å². The molecule has 0 aliphatic rings. The predicted molar refractivity (Wildman–Crippen MR) is 68.0 cm³/mol. The maximum absolute atomic E-state index is 5.41. The molecule has 0 saturated carbocycles. The van der Waals surface area contributed by atoms with Crippen LogP contribution in [0.5, 0.6) is 0 Å². The van der Waals surface area contributed by atoms with Gasteiger partial charge in [0.25, 0.3) is 0 Å². The van der Waals surface area contributed by atoms with Crippen LogP contribution in [0.15, 0.2) is 0 Å². The maximum atomic E-state index is 5.41. The number of hydrogen-bond donors (Lipinski definition) is 1. The Balaban J connectivity index is 2.88. The van der Waals surface area contributed by atoms with E-state index in [0.29, 0.717) is 13.2 Å². The van der Waals surface area contributed by atoms with Crippen molar-refractivity contribution in [1.29, 1.82) is 0 Å². The summed E-state index contributed by atoms with van der Waals surface area (Å²) in [6.45, 7) is 8.28. The zero-order chi connectivity index (χ0) is 12.1. The standard InChI is InChI=1S/C12H28N2O2/c1-4-9-15-11-12-16-10-7-13-6-5-8-14(2)3/h13H,4-12H2,1-3H3. The molecule has 0 aromatic carbocycles. The maximum Gasteiger partial charge on any atom is 0.0701 e. The highest BCUT2D eigenvalue weighted by molar-refractivity contribution is 4.49. The predicted octanol–water partition coefficient (Wildman–Crippen LogP) is 0.971. The van der Waals surface area contributed by atoms with Crippen LogP contribution in [0.2, 0.25) is 0 Å². The van der Waals surface area contributed by atoms with E-state index in [1.165, 1.54) is 6.42 Å². The zero-order valence-corrected chi connectivity index (χ0v) is 11.1. The van der Waals surface area contributed by atoms with Gasteiger partial charge < -0.3 is 19.7 Å². The highest BCUT2D eigenvalue weighted by Gasteiger charge is 1.92. The molecule has 0 bridgehead atoms. The van der Waals surface area contributed by atoms with Crippen LogP contribution in [0.1, 0.15) is 19.8 Å². The molecule has 0 aromatic rings. The highest BCUT2D eigenvalue weighted by Crippen LogP contribution is 1.82. The van der Waals surface area contributed by atoms with Crippen LogP contribution >= 0.6 is 0 Å². The van der Waals surface area contributed by atoms with Crippen molar-refractivity contribution in [2.45, 2.75) is 19.8 Å². The van der Waals surface area contributed by atoms with Crippen molar-refractivity contribution in [3.63, 3.8) is 0 Å². The van der Waals surface area contributed by atoms with Gasteiger partial charge in [0.1, 0.15) is 0 Å². The Hall–Kier alpha value is -0.160. The third-order valence-electron chi connectivity index (χ3n) is 2.10. The van der Waals surface area contributed by atoms with Gasteiger partial charge in [-0.1, -0.05) is 6.92 Å². The highest BCUT2D eigenvalue weighted by atomic mass is 16.5. The first-order valence-electron chi connectivity index (χ1n) is 6.28. The molecule has 0 fully saturated rings. The van der Waals surface area contributed by atoms with Gasteiger partial charge in [0, 0.05) is 13.2 Å². The molecule has 0 heterocycles. The number of ether oxygens (including phenoxy) is 2. The minimum absolute atomic E-state index is 0.708. The number of hydrogen-bond acceptors (Lipinski definition) is 4. The second kappa shape index (κ2) is 12.9. The van der Waals surface area contributed by atoms with Gasteiger partial charge in [0.15, 0.2) is 0 Å². The van der Waals surface area contributed by atoms with E-state index in [1.54, 1.807) is 0 Å². The summed E-state index contributed by atoms with van der Waals surface area (Å²) >= 11 is 0. The van der Waals surface area contributed by atoms with E-state index in [0.717, 1.165) is 39.3 Å². The molecule has 0 spiro atoms. The van der Waals surface area contributed by atoms with Crippen molar-refractivity contribution in [3.8, 4) is 0 Å². The lowest BCUT2D eigenvalue weighted by atomic mass is 10.4. The van der Waals surface area contributed by atoms with Gasteiger partial charge in [-0.05, 0) is 40.0 Å². The Labute approximate surface area is 100 Å². The Kier molecular flexibility index (Phi) is 12.8. The third-order valence-corrected chi connectivity index (χ3v) is 2.10. The molecule has 0 saturated heterocycles. The summed E-state index contributed by atoms with van der Waals surface area (Å²) < 4.78 is 10.7. The van der Waals surface area contributed by atoms with Crippen LogP contribution in [0.3, 0.4) is 0 Å². The second-order valence-corrected chi connectivity index (χ2v) is 4.13. The van der Waals surface area contributed by atoms with E-state index in [9.17, 15) is 0 Å². The molecule has 4 heteroatoms. The first-order chi connectivity index (χ1) is 7.77. The average Bonchev–Trinajstić information content (AvgIpc) is 2.25. The van der Waals surface area contributed by atoms with Crippen LogP contribution in [0.4, 0.5) is 0 Å². The van der Waals surface area contributed by atoms with Crippen LogP contribution < -0.4 is 5.32 Å². The van der Waals surface area contributed by atoms with Crippen molar-refractivity contribution >= 4 is 0 Å². The Bertz CT molecular complexity index is 132. The van der Waals surface area contributed by atoms with Crippen LogP contribution in [-0.4, -0.2) is 65.1 Å². The van der Waals surface area contributed by atoms with Crippen molar-refractivity contribution in [2.75, 3.05) is 60.2 Å². The molecule has 0 atom stereocenters. The normalized spacial score (nSPS) is 11.2. The summed E-state index contributed by atoms with van der Waals surface area (Å²) in [6.07, 6.45) is 2.26. The molecule has 0 aromatic heterocycles. The third kappa shape index (κ3) is 13.8. The average molecular weight is 232 g/mol. The number of rotatable bonds is 12. The molecule has 0 amide bonds. The second-order valence-electron chi connectivity index (χ2n) is 4.13. The summed E-state index contributed by atoms with van der Waals surface area (Å²) in [7, 11) is 4.19. The topological polar surface area (TPSA) is 33.7 Å². The van der Waals surface area contributed by atoms with Gasteiger partial charge in [0.05, 0.1) is 19.8 Å². The number of nitrogens with one attached hydrogen (secondary N) is 1. The zero-order valence-electron chi connectivity index (χ0n) is 11.1. The lowest BCUT2D eigenvalue weighted by molar-refractivity contribution is 0.0491. The first-order valence-corrected chi connectivity index (χ1v) is 6.28. The van der Waals surface area contributed by atoms with Gasteiger partial charge in [0.2, 0.25) is 0 Å². The lowest BCUT2D eigenvalue weighted by Crippen LogP contribution is -2.24. The summed E-state index contributed by atoms with van der Waals surface area (Å²) in [5.74, 6) is 0. The quantitative estimate of drug-likeness (QED) is 0.508.